The molecule has 1 aromatic carbocycles. The molecule has 0 fully saturated rings. The third-order valence-corrected chi connectivity index (χ3v) is 2.25. The van der Waals surface area contributed by atoms with Gasteiger partial charge in [0.05, 0.1) is 11.1 Å². The van der Waals surface area contributed by atoms with Crippen LogP contribution in [-0.2, 0) is 12.4 Å². The highest BCUT2D eigenvalue weighted by atomic mass is 35.5. The lowest BCUT2D eigenvalue weighted by Crippen LogP contribution is -2.15. The van der Waals surface area contributed by atoms with E-state index in [1.54, 1.807) is 0 Å². The maximum atomic E-state index is 12.5. The second-order valence-electron chi connectivity index (χ2n) is 3.60. The van der Waals surface area contributed by atoms with Crippen molar-refractivity contribution in [3.05, 3.63) is 47.5 Å². The van der Waals surface area contributed by atoms with Gasteiger partial charge in [-0.2, -0.15) is 26.3 Å². The summed E-state index contributed by atoms with van der Waals surface area (Å²) in [5.41, 5.74) is 2.31. The zero-order valence-corrected chi connectivity index (χ0v) is 10.2. The van der Waals surface area contributed by atoms with Gasteiger partial charge in [-0.3, -0.25) is 0 Å². The van der Waals surface area contributed by atoms with E-state index >= 15 is 0 Å². The van der Waals surface area contributed by atoms with Gasteiger partial charge in [0.15, 0.2) is 0 Å². The minimum atomic E-state index is -4.86. The van der Waals surface area contributed by atoms with Crippen molar-refractivity contribution in [2.24, 2.45) is 5.73 Å². The zero-order chi connectivity index (χ0) is 14.1. The Hall–Kier alpha value is -1.21. The fraction of sp³-hybridized carbons (Fsp3) is 0.273. The van der Waals surface area contributed by atoms with Gasteiger partial charge in [-0.05, 0) is 23.8 Å². The Kier molecular flexibility index (Phi) is 5.46. The molecular weight excluding hydrogens is 296 g/mol. The molecular formula is C11H10ClF6N. The van der Waals surface area contributed by atoms with E-state index in [0.717, 1.165) is 6.08 Å². The molecule has 1 atom stereocenters. The van der Waals surface area contributed by atoms with Crippen molar-refractivity contribution in [3.8, 4) is 0 Å². The predicted molar refractivity (Wildman–Crippen MR) is 60.8 cm³/mol. The summed E-state index contributed by atoms with van der Waals surface area (Å²) < 4.78 is 74.8. The summed E-state index contributed by atoms with van der Waals surface area (Å²) in [6, 6.07) is 0.135. The molecule has 0 aromatic heterocycles. The molecule has 2 N–H and O–H groups in total. The van der Waals surface area contributed by atoms with E-state index in [4.69, 9.17) is 5.73 Å². The van der Waals surface area contributed by atoms with E-state index in [9.17, 15) is 26.3 Å². The fourth-order valence-corrected chi connectivity index (χ4v) is 1.31. The Morgan fingerprint density at radius 1 is 0.947 bits per heavy atom. The Morgan fingerprint density at radius 3 is 1.58 bits per heavy atom. The molecule has 0 amide bonds. The maximum absolute atomic E-state index is 12.5. The fourth-order valence-electron chi connectivity index (χ4n) is 1.31. The Morgan fingerprint density at radius 2 is 1.32 bits per heavy atom. The largest absolute Gasteiger partial charge is 0.416 e. The van der Waals surface area contributed by atoms with Crippen molar-refractivity contribution >= 4 is 12.4 Å². The predicted octanol–water partition coefficient (Wildman–Crippen LogP) is 4.33. The molecule has 0 aliphatic rings. The lowest BCUT2D eigenvalue weighted by atomic mass is 10.00. The van der Waals surface area contributed by atoms with Crippen LogP contribution in [0.2, 0.25) is 0 Å². The molecule has 0 heterocycles. The van der Waals surface area contributed by atoms with Crippen LogP contribution in [0, 0.1) is 0 Å². The van der Waals surface area contributed by atoms with Gasteiger partial charge in [0.1, 0.15) is 0 Å². The summed E-state index contributed by atoms with van der Waals surface area (Å²) >= 11 is 0. The summed E-state index contributed by atoms with van der Waals surface area (Å²) in [6.07, 6.45) is -8.66. The summed E-state index contributed by atoms with van der Waals surface area (Å²) in [4.78, 5) is 0. The summed E-state index contributed by atoms with van der Waals surface area (Å²) in [6.45, 7) is 3.23. The van der Waals surface area contributed by atoms with Crippen LogP contribution < -0.4 is 5.73 Å². The highest BCUT2D eigenvalue weighted by molar-refractivity contribution is 5.85. The summed E-state index contributed by atoms with van der Waals surface area (Å²) in [7, 11) is 0. The molecule has 1 rings (SSSR count). The van der Waals surface area contributed by atoms with Crippen molar-refractivity contribution in [3.63, 3.8) is 0 Å². The molecule has 19 heavy (non-hydrogen) atoms. The number of rotatable bonds is 2. The normalized spacial score (nSPS) is 13.6. The molecule has 0 unspecified atom stereocenters. The third-order valence-electron chi connectivity index (χ3n) is 2.25. The van der Waals surface area contributed by atoms with Gasteiger partial charge >= 0.3 is 12.4 Å². The molecule has 0 saturated carbocycles. The van der Waals surface area contributed by atoms with Crippen LogP contribution in [0.5, 0.6) is 0 Å². The first-order chi connectivity index (χ1) is 8.05. The maximum Gasteiger partial charge on any atom is 0.416 e. The van der Waals surface area contributed by atoms with E-state index in [-0.39, 0.29) is 24.0 Å². The molecule has 0 bridgehead atoms. The molecule has 8 heteroatoms. The molecule has 0 spiro atoms. The molecule has 0 aliphatic heterocycles. The third kappa shape index (κ3) is 4.43. The first-order valence-corrected chi connectivity index (χ1v) is 4.73. The number of alkyl halides is 6. The topological polar surface area (TPSA) is 26.0 Å². The van der Waals surface area contributed by atoms with Crippen molar-refractivity contribution < 1.29 is 26.3 Å². The summed E-state index contributed by atoms with van der Waals surface area (Å²) in [5.74, 6) is 0. The number of halogens is 7. The van der Waals surface area contributed by atoms with Gasteiger partial charge in [0, 0.05) is 6.04 Å². The molecule has 1 aromatic rings. The zero-order valence-electron chi connectivity index (χ0n) is 9.35. The highest BCUT2D eigenvalue weighted by Gasteiger charge is 2.37. The van der Waals surface area contributed by atoms with Crippen LogP contribution in [0.3, 0.4) is 0 Å². The van der Waals surface area contributed by atoms with Crippen LogP contribution in [0.1, 0.15) is 22.7 Å². The molecule has 0 aliphatic carbocycles. The van der Waals surface area contributed by atoms with Crippen molar-refractivity contribution in [2.45, 2.75) is 18.4 Å². The Labute approximate surface area is 111 Å². The molecule has 0 saturated heterocycles. The van der Waals surface area contributed by atoms with Gasteiger partial charge in [0.2, 0.25) is 0 Å². The van der Waals surface area contributed by atoms with E-state index in [0.29, 0.717) is 12.1 Å². The van der Waals surface area contributed by atoms with E-state index in [2.05, 4.69) is 6.58 Å². The van der Waals surface area contributed by atoms with Gasteiger partial charge in [0.25, 0.3) is 0 Å². The van der Waals surface area contributed by atoms with Gasteiger partial charge in [-0.1, -0.05) is 6.08 Å². The quantitative estimate of drug-likeness (QED) is 0.638. The molecule has 1 nitrogen and oxygen atoms in total. The SMILES string of the molecule is C=C[C@H](N)c1cc(C(F)(F)F)cc(C(F)(F)F)c1.Cl. The van der Waals surface area contributed by atoms with Crippen molar-refractivity contribution in [2.75, 3.05) is 0 Å². The van der Waals surface area contributed by atoms with Crippen LogP contribution in [0.25, 0.3) is 0 Å². The van der Waals surface area contributed by atoms with Gasteiger partial charge < -0.3 is 5.73 Å². The Balaban J connectivity index is 0.00000324. The van der Waals surface area contributed by atoms with Crippen LogP contribution in [0.15, 0.2) is 30.9 Å². The number of benzene rings is 1. The number of nitrogens with two attached hydrogens (primary N) is 1. The van der Waals surface area contributed by atoms with Gasteiger partial charge in [-0.15, -0.1) is 19.0 Å². The first-order valence-electron chi connectivity index (χ1n) is 4.73. The van der Waals surface area contributed by atoms with E-state index in [1.165, 1.54) is 0 Å². The monoisotopic (exact) mass is 305 g/mol. The minimum Gasteiger partial charge on any atom is -0.321 e. The average molecular weight is 306 g/mol. The van der Waals surface area contributed by atoms with Crippen LogP contribution in [0.4, 0.5) is 26.3 Å². The van der Waals surface area contributed by atoms with E-state index in [1.807, 2.05) is 0 Å². The van der Waals surface area contributed by atoms with Crippen LogP contribution in [-0.4, -0.2) is 0 Å². The lowest BCUT2D eigenvalue weighted by molar-refractivity contribution is -0.143. The standard InChI is InChI=1S/C11H9F6N.ClH/c1-2-9(18)6-3-7(10(12,13)14)5-8(4-6)11(15,16)17;/h2-5,9H,1,18H2;1H/t9-;/m0./s1. The smallest absolute Gasteiger partial charge is 0.321 e. The van der Waals surface area contributed by atoms with Gasteiger partial charge in [-0.25, -0.2) is 0 Å². The summed E-state index contributed by atoms with van der Waals surface area (Å²) in [5, 5.41) is 0. The highest BCUT2D eigenvalue weighted by Crippen LogP contribution is 2.37. The first kappa shape index (κ1) is 17.8. The van der Waals surface area contributed by atoms with Crippen molar-refractivity contribution in [1.29, 1.82) is 0 Å². The van der Waals surface area contributed by atoms with Crippen LogP contribution >= 0.6 is 12.4 Å². The molecule has 108 valence electrons. The molecule has 0 radical (unpaired) electrons. The Bertz CT molecular complexity index is 419. The lowest BCUT2D eigenvalue weighted by Gasteiger charge is -2.16. The van der Waals surface area contributed by atoms with Crippen molar-refractivity contribution in [1.82, 2.24) is 0 Å². The minimum absolute atomic E-state index is 0. The average Bonchev–Trinajstić information content (AvgIpc) is 2.25. The van der Waals surface area contributed by atoms with E-state index < -0.39 is 29.5 Å². The number of hydrogen-bond acceptors (Lipinski definition) is 1. The second-order valence-corrected chi connectivity index (χ2v) is 3.60. The second kappa shape index (κ2) is 5.83. The number of hydrogen-bond donors (Lipinski definition) is 1.